The van der Waals surface area contributed by atoms with Gasteiger partial charge in [-0.2, -0.15) is 0 Å². The van der Waals surface area contributed by atoms with E-state index in [0.29, 0.717) is 25.2 Å². The first-order chi connectivity index (χ1) is 9.50. The molecule has 2 atom stereocenters. The fourth-order valence-electron chi connectivity index (χ4n) is 2.46. The van der Waals surface area contributed by atoms with Gasteiger partial charge in [-0.05, 0) is 26.0 Å². The molecule has 5 heteroatoms. The van der Waals surface area contributed by atoms with Crippen LogP contribution in [0.2, 0.25) is 0 Å². The molecule has 1 aliphatic rings. The van der Waals surface area contributed by atoms with Gasteiger partial charge in [-0.25, -0.2) is 0 Å². The molecule has 0 saturated carbocycles. The normalized spacial score (nSPS) is 20.6. The molecular formula is C15H19BrN2O2. The second-order valence-corrected chi connectivity index (χ2v) is 6.49. The molecule has 0 aromatic heterocycles. The van der Waals surface area contributed by atoms with Crippen LogP contribution < -0.4 is 0 Å². The van der Waals surface area contributed by atoms with Crippen LogP contribution in [0.5, 0.6) is 0 Å². The molecule has 1 saturated heterocycles. The number of hydrogen-bond donors (Lipinski definition) is 0. The van der Waals surface area contributed by atoms with E-state index in [2.05, 4.69) is 15.9 Å². The first kappa shape index (κ1) is 15.0. The fraction of sp³-hybridized carbons (Fsp3) is 0.467. The molecule has 4 nitrogen and oxygen atoms in total. The van der Waals surface area contributed by atoms with Crippen LogP contribution in [-0.4, -0.2) is 52.1 Å². The Morgan fingerprint density at radius 1 is 1.25 bits per heavy atom. The van der Waals surface area contributed by atoms with Crippen molar-refractivity contribution in [1.82, 2.24) is 9.80 Å². The molecule has 0 N–H and O–H groups in total. The minimum absolute atomic E-state index is 0.0384. The van der Waals surface area contributed by atoms with Crippen LogP contribution in [0.3, 0.4) is 0 Å². The number of rotatable bonds is 2. The van der Waals surface area contributed by atoms with Gasteiger partial charge in [0.1, 0.15) is 0 Å². The zero-order valence-corrected chi connectivity index (χ0v) is 13.3. The maximum atomic E-state index is 12.4. The standard InChI is InChI=1S/C15H19BrN2O2/c1-11-10-17(8-9-18(11)14(19)12(2)16)15(20)13-6-4-3-5-7-13/h3-7,11-12H,8-10H2,1-2H3/t11-,12?/m1/s1. The van der Waals surface area contributed by atoms with Crippen LogP contribution in [0.4, 0.5) is 0 Å². The van der Waals surface area contributed by atoms with Crippen molar-refractivity contribution in [1.29, 1.82) is 0 Å². The van der Waals surface area contributed by atoms with Crippen molar-refractivity contribution in [3.63, 3.8) is 0 Å². The Labute approximate surface area is 127 Å². The van der Waals surface area contributed by atoms with Gasteiger partial charge in [-0.3, -0.25) is 9.59 Å². The summed E-state index contributed by atoms with van der Waals surface area (Å²) >= 11 is 3.31. The molecule has 2 amide bonds. The summed E-state index contributed by atoms with van der Waals surface area (Å²) in [5.41, 5.74) is 0.702. The van der Waals surface area contributed by atoms with Crippen LogP contribution in [0, 0.1) is 0 Å². The van der Waals surface area contributed by atoms with Crippen molar-refractivity contribution < 1.29 is 9.59 Å². The maximum Gasteiger partial charge on any atom is 0.253 e. The van der Waals surface area contributed by atoms with Crippen molar-refractivity contribution in [3.8, 4) is 0 Å². The number of alkyl halides is 1. The van der Waals surface area contributed by atoms with Crippen LogP contribution in [0.15, 0.2) is 30.3 Å². The summed E-state index contributed by atoms with van der Waals surface area (Å²) in [5, 5.41) is 0. The Kier molecular flexibility index (Phi) is 4.81. The molecule has 0 spiro atoms. The first-order valence-corrected chi connectivity index (χ1v) is 7.71. The van der Waals surface area contributed by atoms with Crippen molar-refractivity contribution in [2.75, 3.05) is 19.6 Å². The Morgan fingerprint density at radius 2 is 1.90 bits per heavy atom. The number of nitrogens with zero attached hydrogens (tertiary/aromatic N) is 2. The first-order valence-electron chi connectivity index (χ1n) is 6.79. The van der Waals surface area contributed by atoms with Crippen LogP contribution in [0.25, 0.3) is 0 Å². The maximum absolute atomic E-state index is 12.4. The van der Waals surface area contributed by atoms with Crippen LogP contribution in [-0.2, 0) is 4.79 Å². The topological polar surface area (TPSA) is 40.6 Å². The van der Waals surface area contributed by atoms with Crippen molar-refractivity contribution in [2.45, 2.75) is 24.7 Å². The Hall–Kier alpha value is -1.36. The number of hydrogen-bond acceptors (Lipinski definition) is 2. The minimum Gasteiger partial charge on any atom is -0.335 e. The largest absolute Gasteiger partial charge is 0.335 e. The third kappa shape index (κ3) is 3.20. The van der Waals surface area contributed by atoms with E-state index in [1.165, 1.54) is 0 Å². The van der Waals surface area contributed by atoms with E-state index >= 15 is 0 Å². The molecule has 20 heavy (non-hydrogen) atoms. The molecule has 108 valence electrons. The quantitative estimate of drug-likeness (QED) is 0.775. The lowest BCUT2D eigenvalue weighted by atomic mass is 10.1. The van der Waals surface area contributed by atoms with Gasteiger partial charge in [-0.1, -0.05) is 34.1 Å². The molecule has 1 aromatic rings. The molecule has 1 aliphatic heterocycles. The average molecular weight is 339 g/mol. The van der Waals surface area contributed by atoms with Gasteiger partial charge < -0.3 is 9.80 Å². The van der Waals surface area contributed by atoms with Gasteiger partial charge in [0.25, 0.3) is 5.91 Å². The molecule has 1 unspecified atom stereocenters. The van der Waals surface area contributed by atoms with E-state index < -0.39 is 0 Å². The lowest BCUT2D eigenvalue weighted by molar-refractivity contribution is -0.134. The number of carbonyl (C=O) groups excluding carboxylic acids is 2. The summed E-state index contributed by atoms with van der Waals surface area (Å²) < 4.78 is 0. The Bertz CT molecular complexity index is 490. The van der Waals surface area contributed by atoms with Gasteiger partial charge in [-0.15, -0.1) is 0 Å². The van der Waals surface area contributed by atoms with Crippen molar-refractivity contribution >= 4 is 27.7 Å². The second-order valence-electron chi connectivity index (χ2n) is 5.11. The lowest BCUT2D eigenvalue weighted by Gasteiger charge is -2.40. The molecule has 2 rings (SSSR count). The highest BCUT2D eigenvalue weighted by Gasteiger charge is 2.31. The number of benzene rings is 1. The van der Waals surface area contributed by atoms with Crippen LogP contribution in [0.1, 0.15) is 24.2 Å². The summed E-state index contributed by atoms with van der Waals surface area (Å²) in [6.07, 6.45) is 0. The van der Waals surface area contributed by atoms with E-state index in [-0.39, 0.29) is 22.7 Å². The number of piperazine rings is 1. The highest BCUT2D eigenvalue weighted by atomic mass is 79.9. The van der Waals surface area contributed by atoms with Crippen LogP contribution >= 0.6 is 15.9 Å². The number of halogens is 1. The van der Waals surface area contributed by atoms with E-state index in [4.69, 9.17) is 0 Å². The Morgan fingerprint density at radius 3 is 2.45 bits per heavy atom. The summed E-state index contributed by atoms with van der Waals surface area (Å²) in [4.78, 5) is 27.9. The highest BCUT2D eigenvalue weighted by molar-refractivity contribution is 9.10. The summed E-state index contributed by atoms with van der Waals surface area (Å²) in [6.45, 7) is 5.57. The molecule has 1 aromatic carbocycles. The third-order valence-electron chi connectivity index (χ3n) is 3.56. The lowest BCUT2D eigenvalue weighted by Crippen LogP contribution is -2.56. The zero-order chi connectivity index (χ0) is 14.7. The van der Waals surface area contributed by atoms with Gasteiger partial charge in [0.2, 0.25) is 5.91 Å². The van der Waals surface area contributed by atoms with Crippen molar-refractivity contribution in [3.05, 3.63) is 35.9 Å². The number of amides is 2. The van der Waals surface area contributed by atoms with E-state index in [1.807, 2.05) is 54.0 Å². The molecule has 1 heterocycles. The Balaban J connectivity index is 2.02. The molecule has 0 radical (unpaired) electrons. The minimum atomic E-state index is -0.179. The summed E-state index contributed by atoms with van der Waals surface area (Å²) in [6, 6.07) is 9.32. The van der Waals surface area contributed by atoms with Gasteiger partial charge in [0.05, 0.1) is 4.83 Å². The van der Waals surface area contributed by atoms with E-state index in [0.717, 1.165) is 0 Å². The summed E-state index contributed by atoms with van der Waals surface area (Å²) in [5.74, 6) is 0.126. The predicted molar refractivity (Wildman–Crippen MR) is 81.9 cm³/mol. The van der Waals surface area contributed by atoms with Crippen molar-refractivity contribution in [2.24, 2.45) is 0 Å². The van der Waals surface area contributed by atoms with Gasteiger partial charge in [0, 0.05) is 31.2 Å². The zero-order valence-electron chi connectivity index (χ0n) is 11.8. The molecular weight excluding hydrogens is 320 g/mol. The monoisotopic (exact) mass is 338 g/mol. The average Bonchev–Trinajstić information content (AvgIpc) is 2.46. The van der Waals surface area contributed by atoms with E-state index in [1.54, 1.807) is 0 Å². The third-order valence-corrected chi connectivity index (χ3v) is 3.95. The number of carbonyl (C=O) groups is 2. The second kappa shape index (κ2) is 6.39. The highest BCUT2D eigenvalue weighted by Crippen LogP contribution is 2.16. The molecule has 0 aliphatic carbocycles. The smallest absolute Gasteiger partial charge is 0.253 e. The fourth-order valence-corrected chi connectivity index (χ4v) is 2.72. The van der Waals surface area contributed by atoms with Gasteiger partial charge >= 0.3 is 0 Å². The SMILES string of the molecule is CC(Br)C(=O)N1CCN(C(=O)c2ccccc2)C[C@H]1C. The van der Waals surface area contributed by atoms with Gasteiger partial charge in [0.15, 0.2) is 0 Å². The molecule has 1 fully saturated rings. The van der Waals surface area contributed by atoms with E-state index in [9.17, 15) is 9.59 Å². The predicted octanol–water partition coefficient (Wildman–Crippen LogP) is 2.14. The summed E-state index contributed by atoms with van der Waals surface area (Å²) in [7, 11) is 0. The molecule has 0 bridgehead atoms.